The van der Waals surface area contributed by atoms with Crippen LogP contribution >= 0.6 is 11.6 Å². The number of halogens is 1. The Balaban J connectivity index is 2.11. The fourth-order valence-corrected chi connectivity index (χ4v) is 3.14. The van der Waals surface area contributed by atoms with Crippen LogP contribution in [0.15, 0.2) is 54.6 Å². The largest absolute Gasteiger partial charge is 0.465 e. The fourth-order valence-electron chi connectivity index (χ4n) is 3.01. The normalized spacial score (nSPS) is 20.0. The molecule has 1 fully saturated rings. The minimum absolute atomic E-state index is 0.138. The number of esters is 1. The molecule has 0 aromatic heterocycles. The second-order valence-electron chi connectivity index (χ2n) is 5.60. The molecule has 3 rings (SSSR count). The number of hydrogen-bond acceptors (Lipinski definition) is 4. The predicted octanol–water partition coefficient (Wildman–Crippen LogP) is 3.18. The van der Waals surface area contributed by atoms with Crippen LogP contribution in [0, 0.1) is 5.92 Å². The molecule has 5 nitrogen and oxygen atoms in total. The van der Waals surface area contributed by atoms with Crippen LogP contribution in [0.3, 0.4) is 0 Å². The quantitative estimate of drug-likeness (QED) is 0.479. The molecule has 0 N–H and O–H groups in total. The third kappa shape index (κ3) is 3.15. The van der Waals surface area contributed by atoms with Gasteiger partial charge in [0.05, 0.1) is 12.6 Å². The van der Waals surface area contributed by atoms with E-state index in [0.29, 0.717) is 16.3 Å². The van der Waals surface area contributed by atoms with E-state index < -0.39 is 29.6 Å². The van der Waals surface area contributed by atoms with Crippen molar-refractivity contribution in [3.63, 3.8) is 0 Å². The molecule has 25 heavy (non-hydrogen) atoms. The standard InChI is InChI=1S/C19H16ClNO4/c1-2-25-19(24)15-16(12-6-4-3-5-7-12)21(18(23)17(15)22)14-10-8-13(20)9-11-14/h3-11,15-16H,2H2,1H3/t15-,16+/m1/s1. The van der Waals surface area contributed by atoms with Gasteiger partial charge in [0.25, 0.3) is 5.91 Å². The first-order valence-electron chi connectivity index (χ1n) is 7.89. The molecule has 0 bridgehead atoms. The summed E-state index contributed by atoms with van der Waals surface area (Å²) in [5.74, 6) is -3.37. The van der Waals surface area contributed by atoms with Crippen LogP contribution in [0.1, 0.15) is 18.5 Å². The summed E-state index contributed by atoms with van der Waals surface area (Å²) < 4.78 is 5.04. The number of anilines is 1. The van der Waals surface area contributed by atoms with Crippen molar-refractivity contribution < 1.29 is 19.1 Å². The zero-order valence-corrected chi connectivity index (χ0v) is 14.3. The Kier molecular flexibility index (Phi) is 4.86. The van der Waals surface area contributed by atoms with Crippen molar-refractivity contribution in [3.05, 3.63) is 65.2 Å². The molecule has 2 aromatic carbocycles. The van der Waals surface area contributed by atoms with E-state index in [1.807, 2.05) is 6.07 Å². The lowest BCUT2D eigenvalue weighted by molar-refractivity contribution is -0.152. The average molecular weight is 358 g/mol. The van der Waals surface area contributed by atoms with Gasteiger partial charge in [-0.1, -0.05) is 41.9 Å². The molecular formula is C19H16ClNO4. The Bertz CT molecular complexity index is 804. The molecule has 1 amide bonds. The Morgan fingerprint density at radius 1 is 1.08 bits per heavy atom. The molecule has 0 aliphatic carbocycles. The molecule has 128 valence electrons. The zero-order valence-electron chi connectivity index (χ0n) is 13.5. The fraction of sp³-hybridized carbons (Fsp3) is 0.211. The highest BCUT2D eigenvalue weighted by atomic mass is 35.5. The van der Waals surface area contributed by atoms with Crippen molar-refractivity contribution in [2.75, 3.05) is 11.5 Å². The van der Waals surface area contributed by atoms with E-state index in [0.717, 1.165) is 0 Å². The van der Waals surface area contributed by atoms with Gasteiger partial charge in [0.1, 0.15) is 5.92 Å². The Morgan fingerprint density at radius 2 is 1.72 bits per heavy atom. The third-order valence-electron chi connectivity index (χ3n) is 4.09. The van der Waals surface area contributed by atoms with Crippen molar-refractivity contribution in [2.45, 2.75) is 13.0 Å². The third-order valence-corrected chi connectivity index (χ3v) is 4.34. The highest BCUT2D eigenvalue weighted by molar-refractivity contribution is 6.47. The summed E-state index contributed by atoms with van der Waals surface area (Å²) in [7, 11) is 0. The monoisotopic (exact) mass is 357 g/mol. The second-order valence-corrected chi connectivity index (χ2v) is 6.04. The van der Waals surface area contributed by atoms with Crippen molar-refractivity contribution in [3.8, 4) is 0 Å². The summed E-state index contributed by atoms with van der Waals surface area (Å²) in [5.41, 5.74) is 1.19. The Morgan fingerprint density at radius 3 is 2.32 bits per heavy atom. The van der Waals surface area contributed by atoms with Crippen LogP contribution in [-0.4, -0.2) is 24.3 Å². The molecule has 2 aromatic rings. The summed E-state index contributed by atoms with van der Waals surface area (Å²) >= 11 is 5.91. The SMILES string of the molecule is CCOC(=O)[C@H]1C(=O)C(=O)N(c2ccc(Cl)cc2)[C@H]1c1ccccc1. The van der Waals surface area contributed by atoms with Crippen molar-refractivity contribution in [2.24, 2.45) is 5.92 Å². The lowest BCUT2D eigenvalue weighted by Crippen LogP contribution is -2.31. The van der Waals surface area contributed by atoms with Gasteiger partial charge in [0.15, 0.2) is 0 Å². The molecule has 0 radical (unpaired) electrons. The van der Waals surface area contributed by atoms with Gasteiger partial charge in [-0.2, -0.15) is 0 Å². The first-order valence-corrected chi connectivity index (χ1v) is 8.27. The van der Waals surface area contributed by atoms with Crippen LogP contribution in [0.25, 0.3) is 0 Å². The van der Waals surface area contributed by atoms with Gasteiger partial charge in [-0.15, -0.1) is 0 Å². The summed E-state index contributed by atoms with van der Waals surface area (Å²) in [4.78, 5) is 38.9. The van der Waals surface area contributed by atoms with Gasteiger partial charge >= 0.3 is 5.97 Å². The van der Waals surface area contributed by atoms with E-state index in [1.165, 1.54) is 4.90 Å². The maximum absolute atomic E-state index is 12.6. The Hall–Kier alpha value is -2.66. The van der Waals surface area contributed by atoms with Crippen LogP contribution in [0.2, 0.25) is 5.02 Å². The topological polar surface area (TPSA) is 63.7 Å². The summed E-state index contributed by atoms with van der Waals surface area (Å²) in [6.45, 7) is 1.80. The van der Waals surface area contributed by atoms with E-state index in [4.69, 9.17) is 16.3 Å². The molecule has 6 heteroatoms. The minimum Gasteiger partial charge on any atom is -0.465 e. The molecule has 1 aliphatic rings. The molecule has 1 aliphatic heterocycles. The van der Waals surface area contributed by atoms with E-state index >= 15 is 0 Å². The minimum atomic E-state index is -1.19. The number of benzene rings is 2. The van der Waals surface area contributed by atoms with Crippen molar-refractivity contribution in [1.82, 2.24) is 0 Å². The first-order chi connectivity index (χ1) is 12.0. The Labute approximate surface area is 150 Å². The van der Waals surface area contributed by atoms with Gasteiger partial charge < -0.3 is 4.74 Å². The van der Waals surface area contributed by atoms with Crippen LogP contribution in [0.4, 0.5) is 5.69 Å². The smallest absolute Gasteiger partial charge is 0.319 e. The summed E-state index contributed by atoms with van der Waals surface area (Å²) in [6, 6.07) is 14.8. The second kappa shape index (κ2) is 7.07. The molecule has 0 spiro atoms. The number of ether oxygens (including phenoxy) is 1. The molecular weight excluding hydrogens is 342 g/mol. The predicted molar refractivity (Wildman–Crippen MR) is 93.3 cm³/mol. The number of rotatable bonds is 4. The van der Waals surface area contributed by atoms with E-state index in [-0.39, 0.29) is 6.61 Å². The first kappa shape index (κ1) is 17.2. The zero-order chi connectivity index (χ0) is 18.0. The number of hydrogen-bond donors (Lipinski definition) is 0. The number of carbonyl (C=O) groups excluding carboxylic acids is 3. The summed E-state index contributed by atoms with van der Waals surface area (Å²) in [5, 5.41) is 0.514. The van der Waals surface area contributed by atoms with E-state index in [9.17, 15) is 14.4 Å². The lowest BCUT2D eigenvalue weighted by atomic mass is 9.93. The van der Waals surface area contributed by atoms with Gasteiger partial charge in [0.2, 0.25) is 5.78 Å². The van der Waals surface area contributed by atoms with Crippen LogP contribution in [0.5, 0.6) is 0 Å². The molecule has 0 unspecified atom stereocenters. The maximum atomic E-state index is 12.6. The lowest BCUT2D eigenvalue weighted by Gasteiger charge is -2.27. The highest BCUT2D eigenvalue weighted by Gasteiger charge is 2.53. The van der Waals surface area contributed by atoms with Gasteiger partial charge in [-0.25, -0.2) is 0 Å². The molecule has 1 saturated heterocycles. The number of amides is 1. The van der Waals surface area contributed by atoms with Gasteiger partial charge in [-0.05, 0) is 36.8 Å². The van der Waals surface area contributed by atoms with Gasteiger partial charge in [-0.3, -0.25) is 19.3 Å². The summed E-state index contributed by atoms with van der Waals surface area (Å²) in [6.07, 6.45) is 0. The van der Waals surface area contributed by atoms with E-state index in [1.54, 1.807) is 55.5 Å². The number of Topliss-reactive ketones (excluding diaryl/α,β-unsaturated/α-hetero) is 1. The van der Waals surface area contributed by atoms with Crippen LogP contribution in [-0.2, 0) is 19.1 Å². The van der Waals surface area contributed by atoms with Crippen molar-refractivity contribution >= 4 is 34.9 Å². The van der Waals surface area contributed by atoms with Crippen molar-refractivity contribution in [1.29, 1.82) is 0 Å². The molecule has 2 atom stereocenters. The molecule has 1 heterocycles. The van der Waals surface area contributed by atoms with Gasteiger partial charge in [0, 0.05) is 10.7 Å². The number of nitrogens with zero attached hydrogens (tertiary/aromatic N) is 1. The van der Waals surface area contributed by atoms with E-state index in [2.05, 4.69) is 0 Å². The average Bonchev–Trinajstić information content (AvgIpc) is 2.88. The number of carbonyl (C=O) groups is 3. The number of ketones is 1. The highest BCUT2D eigenvalue weighted by Crippen LogP contribution is 2.40. The van der Waals surface area contributed by atoms with Crippen LogP contribution < -0.4 is 4.90 Å². The maximum Gasteiger partial charge on any atom is 0.319 e. The molecule has 0 saturated carbocycles.